The Morgan fingerprint density at radius 1 is 1.24 bits per heavy atom. The molecule has 0 unspecified atom stereocenters. The Hall–Kier alpha value is -1.31. The zero-order valence-corrected chi connectivity index (χ0v) is 15.1. The lowest BCUT2D eigenvalue weighted by atomic mass is 9.83. The first-order valence-electron chi connectivity index (χ1n) is 7.87. The van der Waals surface area contributed by atoms with E-state index < -0.39 is 22.7 Å². The van der Waals surface area contributed by atoms with E-state index in [4.69, 9.17) is 10.5 Å². The molecule has 142 valence electrons. The first-order valence-corrected chi connectivity index (χ1v) is 7.87. The number of amides is 1. The Balaban J connectivity index is 0.00000312. The van der Waals surface area contributed by atoms with Gasteiger partial charge in [-0.25, -0.2) is 0 Å². The van der Waals surface area contributed by atoms with Gasteiger partial charge in [-0.2, -0.15) is 13.2 Å². The molecule has 8 heteroatoms. The van der Waals surface area contributed by atoms with Crippen LogP contribution in [0, 0.1) is 0 Å². The zero-order valence-electron chi connectivity index (χ0n) is 14.3. The van der Waals surface area contributed by atoms with Crippen LogP contribution in [0.1, 0.15) is 37.8 Å². The summed E-state index contributed by atoms with van der Waals surface area (Å²) in [6, 6.07) is 5.17. The van der Waals surface area contributed by atoms with Crippen molar-refractivity contribution in [3.63, 3.8) is 0 Å². The van der Waals surface area contributed by atoms with E-state index in [0.29, 0.717) is 31.6 Å². The third-order valence-electron chi connectivity index (χ3n) is 4.50. The number of ether oxygens (including phenoxy) is 1. The van der Waals surface area contributed by atoms with Crippen molar-refractivity contribution in [2.45, 2.75) is 43.8 Å². The smallest absolute Gasteiger partial charge is 0.381 e. The van der Waals surface area contributed by atoms with Gasteiger partial charge in [0.15, 0.2) is 0 Å². The van der Waals surface area contributed by atoms with E-state index in [9.17, 15) is 18.0 Å². The van der Waals surface area contributed by atoms with Crippen molar-refractivity contribution in [3.8, 4) is 0 Å². The van der Waals surface area contributed by atoms with Crippen LogP contribution in [0.3, 0.4) is 0 Å². The maximum atomic E-state index is 12.9. The van der Waals surface area contributed by atoms with E-state index >= 15 is 0 Å². The molecule has 1 aliphatic rings. The highest BCUT2D eigenvalue weighted by molar-refractivity contribution is 5.86. The van der Waals surface area contributed by atoms with Gasteiger partial charge in [-0.05, 0) is 24.5 Å². The molecule has 4 nitrogen and oxygen atoms in total. The Morgan fingerprint density at radius 3 is 2.36 bits per heavy atom. The van der Waals surface area contributed by atoms with Crippen molar-refractivity contribution in [1.29, 1.82) is 0 Å². The topological polar surface area (TPSA) is 64.4 Å². The predicted octanol–water partition coefficient (Wildman–Crippen LogP) is 3.03. The van der Waals surface area contributed by atoms with Crippen molar-refractivity contribution in [1.82, 2.24) is 5.32 Å². The van der Waals surface area contributed by atoms with Crippen LogP contribution in [0.2, 0.25) is 0 Å². The number of nitrogens with two attached hydrogens (primary N) is 1. The van der Waals surface area contributed by atoms with Gasteiger partial charge in [-0.15, -0.1) is 12.4 Å². The maximum Gasteiger partial charge on any atom is 0.416 e. The normalized spacial score (nSPS) is 17.5. The third-order valence-corrected chi connectivity index (χ3v) is 4.50. The molecule has 25 heavy (non-hydrogen) atoms. The van der Waals surface area contributed by atoms with E-state index in [-0.39, 0.29) is 24.9 Å². The maximum absolute atomic E-state index is 12.9. The molecule has 0 spiro atoms. The van der Waals surface area contributed by atoms with Crippen LogP contribution in [-0.4, -0.2) is 31.2 Å². The Morgan fingerprint density at radius 2 is 1.80 bits per heavy atom. The van der Waals surface area contributed by atoms with E-state index in [1.54, 1.807) is 19.9 Å². The number of hydrogen-bond donors (Lipinski definition) is 2. The molecule has 1 aromatic carbocycles. The van der Waals surface area contributed by atoms with E-state index in [0.717, 1.165) is 12.1 Å². The second-order valence-electron chi connectivity index (χ2n) is 6.91. The summed E-state index contributed by atoms with van der Waals surface area (Å²) in [5.41, 5.74) is 4.30. The highest BCUT2D eigenvalue weighted by atomic mass is 35.5. The molecule has 3 N–H and O–H groups in total. The highest BCUT2D eigenvalue weighted by Gasteiger charge is 2.37. The summed E-state index contributed by atoms with van der Waals surface area (Å²) in [7, 11) is 0. The quantitative estimate of drug-likeness (QED) is 0.843. The minimum Gasteiger partial charge on any atom is -0.381 e. The lowest BCUT2D eigenvalue weighted by molar-refractivity contribution is -0.137. The van der Waals surface area contributed by atoms with Gasteiger partial charge in [-0.3, -0.25) is 4.79 Å². The molecule has 2 rings (SSSR count). The average Bonchev–Trinajstić information content (AvgIpc) is 2.52. The van der Waals surface area contributed by atoms with Crippen LogP contribution in [-0.2, 0) is 21.1 Å². The van der Waals surface area contributed by atoms with E-state index in [2.05, 4.69) is 5.32 Å². The van der Waals surface area contributed by atoms with Gasteiger partial charge < -0.3 is 15.8 Å². The van der Waals surface area contributed by atoms with Crippen LogP contribution in [0.5, 0.6) is 0 Å². The van der Waals surface area contributed by atoms with E-state index in [1.165, 1.54) is 6.07 Å². The number of carbonyl (C=O) groups excluding carboxylic acids is 1. The number of hydrogen-bond acceptors (Lipinski definition) is 3. The van der Waals surface area contributed by atoms with Gasteiger partial charge in [0, 0.05) is 25.2 Å². The molecule has 1 aromatic rings. The molecule has 1 amide bonds. The molecule has 0 bridgehead atoms. The van der Waals surface area contributed by atoms with Crippen molar-refractivity contribution in [2.24, 2.45) is 5.73 Å². The monoisotopic (exact) mass is 380 g/mol. The van der Waals surface area contributed by atoms with E-state index in [1.807, 2.05) is 0 Å². The van der Waals surface area contributed by atoms with Crippen LogP contribution in [0.25, 0.3) is 0 Å². The first kappa shape index (κ1) is 21.7. The van der Waals surface area contributed by atoms with Gasteiger partial charge in [0.25, 0.3) is 0 Å². The number of nitrogens with one attached hydrogen (secondary N) is 1. The fourth-order valence-corrected chi connectivity index (χ4v) is 2.66. The summed E-state index contributed by atoms with van der Waals surface area (Å²) in [6.45, 7) is 4.64. The van der Waals surface area contributed by atoms with Crippen molar-refractivity contribution < 1.29 is 22.7 Å². The van der Waals surface area contributed by atoms with Crippen LogP contribution < -0.4 is 11.1 Å². The van der Waals surface area contributed by atoms with Crippen molar-refractivity contribution in [2.75, 3.05) is 19.8 Å². The van der Waals surface area contributed by atoms with Crippen LogP contribution in [0.15, 0.2) is 24.3 Å². The molecule has 1 fully saturated rings. The summed E-state index contributed by atoms with van der Waals surface area (Å²) in [5, 5.41) is 2.79. The molecule has 1 heterocycles. The molecular formula is C17H24ClF3N2O2. The van der Waals surface area contributed by atoms with Gasteiger partial charge in [-0.1, -0.05) is 32.0 Å². The van der Waals surface area contributed by atoms with Gasteiger partial charge in [0.05, 0.1) is 11.1 Å². The SMILES string of the molecule is CC(C)(CNC(=O)C1(N)CCOCC1)c1cccc(C(F)(F)F)c1.Cl. The van der Waals surface area contributed by atoms with Gasteiger partial charge in [0.1, 0.15) is 0 Å². The number of halogens is 4. The molecule has 0 atom stereocenters. The number of rotatable bonds is 4. The lowest BCUT2D eigenvalue weighted by Gasteiger charge is -2.34. The molecule has 0 aromatic heterocycles. The molecule has 0 saturated carbocycles. The summed E-state index contributed by atoms with van der Waals surface area (Å²) >= 11 is 0. The Kier molecular flexibility index (Phi) is 6.89. The molecule has 0 aliphatic carbocycles. The second kappa shape index (κ2) is 7.93. The summed E-state index contributed by atoms with van der Waals surface area (Å²) in [5.74, 6) is -0.286. The van der Waals surface area contributed by atoms with Crippen LogP contribution >= 0.6 is 12.4 Å². The third kappa shape index (κ3) is 5.33. The Labute approximate surface area is 151 Å². The molecule has 1 saturated heterocycles. The second-order valence-corrected chi connectivity index (χ2v) is 6.91. The number of alkyl halides is 3. The number of benzene rings is 1. The van der Waals surface area contributed by atoms with Gasteiger partial charge in [0.2, 0.25) is 5.91 Å². The summed E-state index contributed by atoms with van der Waals surface area (Å²) in [4.78, 5) is 12.4. The van der Waals surface area contributed by atoms with Crippen LogP contribution in [0.4, 0.5) is 13.2 Å². The fourth-order valence-electron chi connectivity index (χ4n) is 2.66. The molecular weight excluding hydrogens is 357 g/mol. The molecule has 1 aliphatic heterocycles. The summed E-state index contributed by atoms with van der Waals surface area (Å²) < 4.78 is 43.8. The fraction of sp³-hybridized carbons (Fsp3) is 0.588. The standard InChI is InChI=1S/C17H23F3N2O2.ClH/c1-15(2,12-4-3-5-13(10-12)17(18,19)20)11-22-14(23)16(21)6-8-24-9-7-16;/h3-5,10H,6-9,11,21H2,1-2H3,(H,22,23);1H. The highest BCUT2D eigenvalue weighted by Crippen LogP contribution is 2.32. The van der Waals surface area contributed by atoms with Crippen molar-refractivity contribution in [3.05, 3.63) is 35.4 Å². The number of carbonyl (C=O) groups is 1. The van der Waals surface area contributed by atoms with Crippen molar-refractivity contribution >= 4 is 18.3 Å². The minimum atomic E-state index is -4.39. The zero-order chi connectivity index (χ0) is 18.0. The average molecular weight is 381 g/mol. The molecule has 0 radical (unpaired) electrons. The van der Waals surface area contributed by atoms with Gasteiger partial charge >= 0.3 is 6.18 Å². The largest absolute Gasteiger partial charge is 0.416 e. The summed E-state index contributed by atoms with van der Waals surface area (Å²) in [6.07, 6.45) is -3.52. The minimum absolute atomic E-state index is 0. The lowest BCUT2D eigenvalue weighted by Crippen LogP contribution is -2.58. The predicted molar refractivity (Wildman–Crippen MR) is 91.7 cm³/mol. The first-order chi connectivity index (χ1) is 11.0. The Bertz CT molecular complexity index is 600.